The highest BCUT2D eigenvalue weighted by atomic mass is 32.1. The van der Waals surface area contributed by atoms with E-state index in [-0.39, 0.29) is 0 Å². The molecule has 1 aromatic carbocycles. The number of rotatable bonds is 3. The number of hydrogen-bond donors (Lipinski definition) is 0. The lowest BCUT2D eigenvalue weighted by molar-refractivity contribution is 0.0210. The number of morpholine rings is 1. The first-order valence-corrected chi connectivity index (χ1v) is 7.16. The normalized spacial score (nSPS) is 16.4. The van der Waals surface area contributed by atoms with Crippen LogP contribution in [0.3, 0.4) is 0 Å². The van der Waals surface area contributed by atoms with Crippen LogP contribution in [0.1, 0.15) is 0 Å². The minimum absolute atomic E-state index is 0.725. The summed E-state index contributed by atoms with van der Waals surface area (Å²) in [5.41, 5.74) is 1.09. The molecule has 0 N–H and O–H groups in total. The quantitative estimate of drug-likeness (QED) is 0.809. The average Bonchev–Trinajstić information content (AvgIpc) is 2.78. The first kappa shape index (κ1) is 13.5. The van der Waals surface area contributed by atoms with Crippen molar-refractivity contribution < 1.29 is 4.74 Å². The van der Waals surface area contributed by atoms with E-state index in [0.29, 0.717) is 0 Å². The van der Waals surface area contributed by atoms with E-state index in [4.69, 9.17) is 17.0 Å². The van der Waals surface area contributed by atoms with E-state index in [9.17, 15) is 0 Å². The second kappa shape index (κ2) is 5.87. The van der Waals surface area contributed by atoms with Crippen molar-refractivity contribution in [3.63, 3.8) is 0 Å². The van der Waals surface area contributed by atoms with Crippen LogP contribution in [0.5, 0.6) is 0 Å². The van der Waals surface area contributed by atoms with Gasteiger partial charge in [-0.3, -0.25) is 4.90 Å². The molecular weight excluding hydrogens is 272 g/mol. The molecule has 1 aliphatic rings. The number of hydrogen-bond acceptors (Lipinski definition) is 4. The zero-order valence-corrected chi connectivity index (χ0v) is 12.3. The maximum Gasteiger partial charge on any atom is 0.199 e. The summed E-state index contributed by atoms with van der Waals surface area (Å²) in [5.74, 6) is 0.906. The number of aromatic nitrogens is 3. The molecule has 1 aromatic heterocycles. The molecule has 5 nitrogen and oxygen atoms in total. The summed E-state index contributed by atoms with van der Waals surface area (Å²) in [7, 11) is 1.97. The molecular formula is C14H18N4OS. The molecule has 0 amide bonds. The smallest absolute Gasteiger partial charge is 0.199 e. The topological polar surface area (TPSA) is 35.2 Å². The molecule has 0 unspecified atom stereocenters. The van der Waals surface area contributed by atoms with Gasteiger partial charge < -0.3 is 9.30 Å². The maximum atomic E-state index is 5.49. The van der Waals surface area contributed by atoms with Gasteiger partial charge in [-0.25, -0.2) is 4.68 Å². The largest absolute Gasteiger partial charge is 0.379 e. The van der Waals surface area contributed by atoms with Gasteiger partial charge in [0.25, 0.3) is 0 Å². The van der Waals surface area contributed by atoms with E-state index >= 15 is 0 Å². The minimum atomic E-state index is 0.725. The van der Waals surface area contributed by atoms with Crippen molar-refractivity contribution in [2.24, 2.45) is 7.05 Å². The van der Waals surface area contributed by atoms with Gasteiger partial charge >= 0.3 is 0 Å². The van der Waals surface area contributed by atoms with Gasteiger partial charge in [-0.15, -0.1) is 0 Å². The van der Waals surface area contributed by atoms with E-state index in [1.54, 1.807) is 0 Å². The van der Waals surface area contributed by atoms with E-state index in [1.165, 1.54) is 0 Å². The molecule has 0 spiro atoms. The Morgan fingerprint density at radius 3 is 2.60 bits per heavy atom. The van der Waals surface area contributed by atoms with Crippen LogP contribution >= 0.6 is 12.2 Å². The van der Waals surface area contributed by atoms with Crippen molar-refractivity contribution in [3.8, 4) is 11.4 Å². The Morgan fingerprint density at radius 2 is 1.90 bits per heavy atom. The van der Waals surface area contributed by atoms with Crippen LogP contribution in [0.15, 0.2) is 30.3 Å². The van der Waals surface area contributed by atoms with Crippen LogP contribution in [0, 0.1) is 4.77 Å². The Bertz CT molecular complexity index is 628. The SMILES string of the molecule is Cn1c(-c2ccccc2)nn(CN2CCOCC2)c1=S. The summed E-state index contributed by atoms with van der Waals surface area (Å²) >= 11 is 5.49. The van der Waals surface area contributed by atoms with E-state index in [0.717, 1.165) is 49.1 Å². The van der Waals surface area contributed by atoms with Crippen LogP contribution in [0.25, 0.3) is 11.4 Å². The molecule has 1 saturated heterocycles. The van der Waals surface area contributed by atoms with Gasteiger partial charge in [0.1, 0.15) is 0 Å². The molecule has 2 heterocycles. The number of benzene rings is 1. The molecule has 2 aromatic rings. The van der Waals surface area contributed by atoms with Crippen molar-refractivity contribution >= 4 is 12.2 Å². The maximum absolute atomic E-state index is 5.49. The Labute approximate surface area is 123 Å². The molecule has 6 heteroatoms. The van der Waals surface area contributed by atoms with E-state index in [1.807, 2.05) is 34.5 Å². The van der Waals surface area contributed by atoms with Crippen molar-refractivity contribution in [1.29, 1.82) is 0 Å². The van der Waals surface area contributed by atoms with Crippen molar-refractivity contribution in [2.45, 2.75) is 6.67 Å². The Kier molecular flexibility index (Phi) is 3.95. The molecule has 1 fully saturated rings. The van der Waals surface area contributed by atoms with Crippen molar-refractivity contribution in [1.82, 2.24) is 19.2 Å². The standard InChI is InChI=1S/C14H18N4OS/c1-16-13(12-5-3-2-4-6-12)15-18(14(16)20)11-17-7-9-19-10-8-17/h2-6H,7-11H2,1H3. The van der Waals surface area contributed by atoms with Crippen LogP contribution < -0.4 is 0 Å². The van der Waals surface area contributed by atoms with Gasteiger partial charge in [-0.1, -0.05) is 30.3 Å². The lowest BCUT2D eigenvalue weighted by atomic mass is 10.2. The fraction of sp³-hybridized carbons (Fsp3) is 0.429. The number of nitrogens with zero attached hydrogens (tertiary/aromatic N) is 4. The summed E-state index contributed by atoms with van der Waals surface area (Å²) in [6.45, 7) is 4.15. The van der Waals surface area contributed by atoms with E-state index < -0.39 is 0 Å². The highest BCUT2D eigenvalue weighted by Gasteiger charge is 2.14. The summed E-state index contributed by atoms with van der Waals surface area (Å²) in [6.07, 6.45) is 0. The van der Waals surface area contributed by atoms with Gasteiger partial charge in [0.15, 0.2) is 10.6 Å². The molecule has 0 aliphatic carbocycles. The van der Waals surface area contributed by atoms with Crippen LogP contribution in [0.4, 0.5) is 0 Å². The predicted molar refractivity (Wildman–Crippen MR) is 79.9 cm³/mol. The fourth-order valence-corrected chi connectivity index (χ4v) is 2.54. The summed E-state index contributed by atoms with van der Waals surface area (Å²) in [6, 6.07) is 10.1. The van der Waals surface area contributed by atoms with Crippen LogP contribution in [-0.4, -0.2) is 45.6 Å². The Balaban J connectivity index is 1.88. The second-order valence-corrected chi connectivity index (χ2v) is 5.27. The number of ether oxygens (including phenoxy) is 1. The molecule has 0 saturated carbocycles. The van der Waals surface area contributed by atoms with Crippen LogP contribution in [0.2, 0.25) is 0 Å². The first-order chi connectivity index (χ1) is 9.75. The van der Waals surface area contributed by atoms with Gasteiger partial charge in [0.2, 0.25) is 0 Å². The van der Waals surface area contributed by atoms with Gasteiger partial charge in [0, 0.05) is 25.7 Å². The summed E-state index contributed by atoms with van der Waals surface area (Å²) < 4.78 is 9.96. The minimum Gasteiger partial charge on any atom is -0.379 e. The third-order valence-corrected chi connectivity index (χ3v) is 4.00. The Morgan fingerprint density at radius 1 is 1.20 bits per heavy atom. The average molecular weight is 290 g/mol. The fourth-order valence-electron chi connectivity index (χ4n) is 2.35. The molecule has 0 radical (unpaired) electrons. The highest BCUT2D eigenvalue weighted by Crippen LogP contribution is 2.16. The van der Waals surface area contributed by atoms with E-state index in [2.05, 4.69) is 22.1 Å². The molecule has 1 aliphatic heterocycles. The highest BCUT2D eigenvalue weighted by molar-refractivity contribution is 7.71. The molecule has 20 heavy (non-hydrogen) atoms. The first-order valence-electron chi connectivity index (χ1n) is 6.75. The molecule has 0 bridgehead atoms. The monoisotopic (exact) mass is 290 g/mol. The van der Waals surface area contributed by atoms with Gasteiger partial charge in [-0.2, -0.15) is 5.10 Å². The lowest BCUT2D eigenvalue weighted by Crippen LogP contribution is -2.37. The third kappa shape index (κ3) is 2.67. The summed E-state index contributed by atoms with van der Waals surface area (Å²) in [4.78, 5) is 2.31. The second-order valence-electron chi connectivity index (χ2n) is 4.90. The van der Waals surface area contributed by atoms with Gasteiger partial charge in [-0.05, 0) is 12.2 Å². The van der Waals surface area contributed by atoms with Crippen molar-refractivity contribution in [2.75, 3.05) is 26.3 Å². The molecule has 3 rings (SSSR count). The summed E-state index contributed by atoms with van der Waals surface area (Å²) in [5, 5.41) is 4.67. The zero-order valence-electron chi connectivity index (χ0n) is 11.5. The lowest BCUT2D eigenvalue weighted by Gasteiger charge is -2.25. The predicted octanol–water partition coefficient (Wildman–Crippen LogP) is 1.91. The zero-order chi connectivity index (χ0) is 13.9. The van der Waals surface area contributed by atoms with Crippen molar-refractivity contribution in [3.05, 3.63) is 35.1 Å². The molecule has 0 atom stereocenters. The third-order valence-electron chi connectivity index (χ3n) is 3.51. The van der Waals surface area contributed by atoms with Gasteiger partial charge in [0.05, 0.1) is 19.9 Å². The van der Waals surface area contributed by atoms with Crippen LogP contribution in [-0.2, 0) is 18.5 Å². The Hall–Kier alpha value is -1.50. The molecule has 106 valence electrons.